The molecule has 0 spiro atoms. The lowest BCUT2D eigenvalue weighted by molar-refractivity contribution is 0.325. The smallest absolute Gasteiger partial charge is 0.208 e. The molecule has 2 heterocycles. The molecule has 1 aromatic carbocycles. The third-order valence-corrected chi connectivity index (χ3v) is 4.74. The Kier molecular flexibility index (Phi) is 4.75. The lowest BCUT2D eigenvalue weighted by atomic mass is 10.0. The molecule has 1 atom stereocenters. The molecule has 6 heteroatoms. The number of hydrogen-bond acceptors (Lipinski definition) is 4. The maximum Gasteiger partial charge on any atom is 0.208 e. The molecule has 1 aliphatic heterocycles. The number of benzene rings is 1. The summed E-state index contributed by atoms with van der Waals surface area (Å²) in [4.78, 5) is 6.45. The van der Waals surface area contributed by atoms with E-state index in [-0.39, 0.29) is 6.04 Å². The zero-order valence-corrected chi connectivity index (χ0v) is 14.0. The van der Waals surface area contributed by atoms with Crippen LogP contribution in [0.3, 0.4) is 0 Å². The quantitative estimate of drug-likeness (QED) is 0.908. The number of sulfonamides is 1. The molecule has 1 aromatic heterocycles. The summed E-state index contributed by atoms with van der Waals surface area (Å²) in [5, 5.41) is 0. The Bertz CT molecular complexity index is 762. The van der Waals surface area contributed by atoms with Gasteiger partial charge in [0.2, 0.25) is 10.0 Å². The third kappa shape index (κ3) is 4.60. The highest BCUT2D eigenvalue weighted by atomic mass is 32.2. The number of nitrogens with zero attached hydrogens (tertiary/aromatic N) is 2. The summed E-state index contributed by atoms with van der Waals surface area (Å²) < 4.78 is 25.3. The molecule has 0 unspecified atom stereocenters. The van der Waals surface area contributed by atoms with Gasteiger partial charge in [0, 0.05) is 38.1 Å². The van der Waals surface area contributed by atoms with E-state index in [2.05, 4.69) is 38.9 Å². The van der Waals surface area contributed by atoms with Crippen molar-refractivity contribution in [3.8, 4) is 11.1 Å². The Morgan fingerprint density at radius 1 is 1.26 bits per heavy atom. The Labute approximate surface area is 137 Å². The molecule has 1 fully saturated rings. The van der Waals surface area contributed by atoms with Crippen molar-refractivity contribution in [2.45, 2.75) is 19.0 Å². The molecule has 122 valence electrons. The molecule has 0 radical (unpaired) electrons. The summed E-state index contributed by atoms with van der Waals surface area (Å²) in [5.74, 6) is 0. The van der Waals surface area contributed by atoms with Crippen LogP contribution < -0.4 is 4.72 Å². The normalized spacial score (nSPS) is 19.1. The van der Waals surface area contributed by atoms with Crippen molar-refractivity contribution in [3.05, 3.63) is 54.4 Å². The van der Waals surface area contributed by atoms with Gasteiger partial charge in [-0.15, -0.1) is 0 Å². The van der Waals surface area contributed by atoms with Crippen LogP contribution in [0, 0.1) is 0 Å². The summed E-state index contributed by atoms with van der Waals surface area (Å²) >= 11 is 0. The number of nitrogens with one attached hydrogen (secondary N) is 1. The predicted molar refractivity (Wildman–Crippen MR) is 91.3 cm³/mol. The monoisotopic (exact) mass is 331 g/mol. The van der Waals surface area contributed by atoms with Crippen LogP contribution in [-0.4, -0.2) is 43.7 Å². The molecule has 1 N–H and O–H groups in total. The summed E-state index contributed by atoms with van der Waals surface area (Å²) in [7, 11) is -3.13. The second kappa shape index (κ2) is 6.78. The lowest BCUT2D eigenvalue weighted by Crippen LogP contribution is -2.36. The van der Waals surface area contributed by atoms with Gasteiger partial charge < -0.3 is 0 Å². The lowest BCUT2D eigenvalue weighted by Gasteiger charge is -2.17. The maximum absolute atomic E-state index is 11.3. The molecular weight excluding hydrogens is 310 g/mol. The van der Waals surface area contributed by atoms with Gasteiger partial charge in [-0.1, -0.05) is 24.3 Å². The highest BCUT2D eigenvalue weighted by Crippen LogP contribution is 2.21. The number of likely N-dealkylation sites (tertiary alicyclic amines) is 1. The average molecular weight is 331 g/mol. The van der Waals surface area contributed by atoms with Crippen molar-refractivity contribution in [2.24, 2.45) is 0 Å². The van der Waals surface area contributed by atoms with Gasteiger partial charge in [0.15, 0.2) is 0 Å². The second-order valence-electron chi connectivity index (χ2n) is 6.05. The van der Waals surface area contributed by atoms with Crippen LogP contribution in [0.25, 0.3) is 11.1 Å². The first-order valence-corrected chi connectivity index (χ1v) is 9.58. The molecule has 0 amide bonds. The van der Waals surface area contributed by atoms with Crippen molar-refractivity contribution in [1.29, 1.82) is 0 Å². The highest BCUT2D eigenvalue weighted by Gasteiger charge is 2.24. The first kappa shape index (κ1) is 16.1. The van der Waals surface area contributed by atoms with Gasteiger partial charge in [-0.3, -0.25) is 9.88 Å². The van der Waals surface area contributed by atoms with Gasteiger partial charge in [0.25, 0.3) is 0 Å². The number of hydrogen-bond donors (Lipinski definition) is 1. The Morgan fingerprint density at radius 2 is 2.09 bits per heavy atom. The zero-order chi connectivity index (χ0) is 16.3. The SMILES string of the molecule is CS(=O)(=O)N[C@@H]1CCN(Cc2cccc(-c3cccnc3)c2)C1. The number of pyridine rings is 1. The summed E-state index contributed by atoms with van der Waals surface area (Å²) in [6, 6.07) is 12.4. The van der Waals surface area contributed by atoms with Crippen molar-refractivity contribution in [1.82, 2.24) is 14.6 Å². The first-order chi connectivity index (χ1) is 11.0. The van der Waals surface area contributed by atoms with Gasteiger partial charge in [-0.25, -0.2) is 13.1 Å². The molecule has 0 saturated carbocycles. The van der Waals surface area contributed by atoms with Crippen LogP contribution in [0.1, 0.15) is 12.0 Å². The van der Waals surface area contributed by atoms with Crippen LogP contribution in [0.5, 0.6) is 0 Å². The summed E-state index contributed by atoms with van der Waals surface area (Å²) in [6.07, 6.45) is 5.70. The Hall–Kier alpha value is -1.76. The molecule has 0 bridgehead atoms. The fraction of sp³-hybridized carbons (Fsp3) is 0.353. The summed E-state index contributed by atoms with van der Waals surface area (Å²) in [5.41, 5.74) is 3.49. The van der Waals surface area contributed by atoms with Crippen LogP contribution in [0.4, 0.5) is 0 Å². The molecule has 2 aromatic rings. The van der Waals surface area contributed by atoms with Crippen LogP contribution in [0.15, 0.2) is 48.8 Å². The predicted octanol–water partition coefficient (Wildman–Crippen LogP) is 1.87. The topological polar surface area (TPSA) is 62.3 Å². The van der Waals surface area contributed by atoms with Gasteiger partial charge in [0.1, 0.15) is 0 Å². The number of rotatable bonds is 5. The molecule has 23 heavy (non-hydrogen) atoms. The standard InChI is InChI=1S/C17H21N3O2S/c1-23(21,22)19-17-7-9-20(13-17)12-14-4-2-5-15(10-14)16-6-3-8-18-11-16/h2-6,8,10-11,17,19H,7,9,12-13H2,1H3/t17-/m1/s1. The van der Waals surface area contributed by atoms with Crippen LogP contribution in [-0.2, 0) is 16.6 Å². The van der Waals surface area contributed by atoms with Crippen molar-refractivity contribution >= 4 is 10.0 Å². The molecule has 5 nitrogen and oxygen atoms in total. The molecule has 1 saturated heterocycles. The van der Waals surface area contributed by atoms with Gasteiger partial charge >= 0.3 is 0 Å². The molecular formula is C17H21N3O2S. The molecule has 3 rings (SSSR count). The van der Waals surface area contributed by atoms with Gasteiger partial charge in [0.05, 0.1) is 6.26 Å². The van der Waals surface area contributed by atoms with E-state index in [0.717, 1.165) is 37.2 Å². The second-order valence-corrected chi connectivity index (χ2v) is 7.83. The van der Waals surface area contributed by atoms with E-state index < -0.39 is 10.0 Å². The molecule has 1 aliphatic rings. The molecule has 0 aliphatic carbocycles. The average Bonchev–Trinajstić information content (AvgIpc) is 2.93. The van der Waals surface area contributed by atoms with E-state index >= 15 is 0 Å². The Morgan fingerprint density at radius 3 is 2.83 bits per heavy atom. The first-order valence-electron chi connectivity index (χ1n) is 7.68. The van der Waals surface area contributed by atoms with Crippen molar-refractivity contribution in [3.63, 3.8) is 0 Å². The highest BCUT2D eigenvalue weighted by molar-refractivity contribution is 7.88. The fourth-order valence-electron chi connectivity index (χ4n) is 3.02. The minimum atomic E-state index is -3.13. The van der Waals surface area contributed by atoms with E-state index in [4.69, 9.17) is 0 Å². The zero-order valence-electron chi connectivity index (χ0n) is 13.1. The minimum absolute atomic E-state index is 0.0199. The minimum Gasteiger partial charge on any atom is -0.297 e. The maximum atomic E-state index is 11.3. The van der Waals surface area contributed by atoms with E-state index in [1.54, 1.807) is 6.20 Å². The van der Waals surface area contributed by atoms with E-state index in [1.807, 2.05) is 18.3 Å². The third-order valence-electron chi connectivity index (χ3n) is 3.98. The number of aromatic nitrogens is 1. The van der Waals surface area contributed by atoms with Crippen LogP contribution >= 0.6 is 0 Å². The largest absolute Gasteiger partial charge is 0.297 e. The summed E-state index contributed by atoms with van der Waals surface area (Å²) in [6.45, 7) is 2.49. The van der Waals surface area contributed by atoms with Crippen molar-refractivity contribution in [2.75, 3.05) is 19.3 Å². The van der Waals surface area contributed by atoms with Gasteiger partial charge in [-0.2, -0.15) is 0 Å². The Balaban J connectivity index is 1.65. The van der Waals surface area contributed by atoms with Gasteiger partial charge in [-0.05, 0) is 35.2 Å². The van der Waals surface area contributed by atoms with Crippen LogP contribution in [0.2, 0.25) is 0 Å². The van der Waals surface area contributed by atoms with E-state index in [0.29, 0.717) is 0 Å². The van der Waals surface area contributed by atoms with Crippen molar-refractivity contribution < 1.29 is 8.42 Å². The fourth-order valence-corrected chi connectivity index (χ4v) is 3.81. The van der Waals surface area contributed by atoms with E-state index in [9.17, 15) is 8.42 Å². The van der Waals surface area contributed by atoms with E-state index in [1.165, 1.54) is 11.8 Å².